The quantitative estimate of drug-likeness (QED) is 0.680. The molecule has 0 aliphatic carbocycles. The van der Waals surface area contributed by atoms with Gasteiger partial charge in [-0.25, -0.2) is 0 Å². The van der Waals surface area contributed by atoms with Crippen LogP contribution >= 0.6 is 27.5 Å². The maximum atomic E-state index is 5.91. The first-order valence-corrected chi connectivity index (χ1v) is 7.30. The van der Waals surface area contributed by atoms with Crippen molar-refractivity contribution in [2.45, 2.75) is 12.8 Å². The van der Waals surface area contributed by atoms with E-state index in [1.54, 1.807) is 0 Å². The van der Waals surface area contributed by atoms with Gasteiger partial charge in [0.05, 0.1) is 12.5 Å². The minimum Gasteiger partial charge on any atom is -0.494 e. The maximum Gasteiger partial charge on any atom is 0.132 e. The van der Waals surface area contributed by atoms with Crippen LogP contribution in [0.3, 0.4) is 0 Å². The Hall–Kier alpha value is -1.19. The summed E-state index contributed by atoms with van der Waals surface area (Å²) in [5, 5.41) is 0. The molecule has 0 bridgehead atoms. The predicted octanol–water partition coefficient (Wildman–Crippen LogP) is 5.38. The zero-order chi connectivity index (χ0) is 13.7. The molecule has 0 saturated heterocycles. The van der Waals surface area contributed by atoms with Crippen LogP contribution in [-0.4, -0.2) is 6.61 Å². The molecule has 2 nitrogen and oxygen atoms in total. The average molecular weight is 342 g/mol. The third-order valence-corrected chi connectivity index (χ3v) is 3.30. The fourth-order valence-electron chi connectivity index (χ4n) is 1.65. The molecule has 0 saturated carbocycles. The summed E-state index contributed by atoms with van der Waals surface area (Å²) in [4.78, 5) is 0. The Morgan fingerprint density at radius 2 is 1.89 bits per heavy atom. The van der Waals surface area contributed by atoms with Crippen molar-refractivity contribution in [1.29, 1.82) is 0 Å². The summed E-state index contributed by atoms with van der Waals surface area (Å²) < 4.78 is 12.3. The van der Waals surface area contributed by atoms with Gasteiger partial charge in [-0.1, -0.05) is 28.1 Å². The van der Waals surface area contributed by atoms with Crippen LogP contribution in [0.2, 0.25) is 0 Å². The lowest BCUT2D eigenvalue weighted by Gasteiger charge is -2.11. The standard InChI is InChI=1S/C15H14BrClO2/c1-2-18-13-4-3-5-14(9-13)19-15-8-12(16)7-6-11(15)10-17/h3-9H,2,10H2,1H3. The van der Waals surface area contributed by atoms with Gasteiger partial charge in [-0.3, -0.25) is 0 Å². The predicted molar refractivity (Wildman–Crippen MR) is 81.4 cm³/mol. The molecule has 0 fully saturated rings. The van der Waals surface area contributed by atoms with Gasteiger partial charge in [-0.15, -0.1) is 11.6 Å². The molecule has 4 heteroatoms. The van der Waals surface area contributed by atoms with E-state index < -0.39 is 0 Å². The SMILES string of the molecule is CCOc1cccc(Oc2cc(Br)ccc2CCl)c1. The summed E-state index contributed by atoms with van der Waals surface area (Å²) in [5.74, 6) is 2.68. The van der Waals surface area contributed by atoms with Crippen LogP contribution < -0.4 is 9.47 Å². The molecule has 0 unspecified atom stereocenters. The van der Waals surface area contributed by atoms with Gasteiger partial charge < -0.3 is 9.47 Å². The molecule has 0 spiro atoms. The van der Waals surface area contributed by atoms with Crippen LogP contribution in [0, 0.1) is 0 Å². The largest absolute Gasteiger partial charge is 0.494 e. The first-order chi connectivity index (χ1) is 9.22. The summed E-state index contributed by atoms with van der Waals surface area (Å²) in [6.45, 7) is 2.58. The number of benzene rings is 2. The second-order valence-electron chi connectivity index (χ2n) is 3.90. The fourth-order valence-corrected chi connectivity index (χ4v) is 2.22. The lowest BCUT2D eigenvalue weighted by atomic mass is 10.2. The second-order valence-corrected chi connectivity index (χ2v) is 5.08. The lowest BCUT2D eigenvalue weighted by Crippen LogP contribution is -1.93. The van der Waals surface area contributed by atoms with E-state index in [2.05, 4.69) is 15.9 Å². The van der Waals surface area contributed by atoms with Gasteiger partial charge in [0.2, 0.25) is 0 Å². The summed E-state index contributed by atoms with van der Waals surface area (Å²) >= 11 is 9.34. The summed E-state index contributed by atoms with van der Waals surface area (Å²) in [5.41, 5.74) is 0.951. The van der Waals surface area contributed by atoms with Gasteiger partial charge in [0.1, 0.15) is 17.2 Å². The van der Waals surface area contributed by atoms with Gasteiger partial charge in [0.25, 0.3) is 0 Å². The van der Waals surface area contributed by atoms with Crippen LogP contribution in [0.25, 0.3) is 0 Å². The van der Waals surface area contributed by atoms with E-state index in [9.17, 15) is 0 Å². The minimum atomic E-state index is 0.410. The van der Waals surface area contributed by atoms with E-state index >= 15 is 0 Å². The molecule has 0 aromatic heterocycles. The number of hydrogen-bond acceptors (Lipinski definition) is 2. The molecule has 2 rings (SSSR count). The Morgan fingerprint density at radius 3 is 2.63 bits per heavy atom. The van der Waals surface area contributed by atoms with Crippen molar-refractivity contribution < 1.29 is 9.47 Å². The van der Waals surface area contributed by atoms with Crippen LogP contribution in [0.15, 0.2) is 46.9 Å². The highest BCUT2D eigenvalue weighted by atomic mass is 79.9. The number of hydrogen-bond donors (Lipinski definition) is 0. The fraction of sp³-hybridized carbons (Fsp3) is 0.200. The van der Waals surface area contributed by atoms with Gasteiger partial charge in [0, 0.05) is 16.1 Å². The lowest BCUT2D eigenvalue weighted by molar-refractivity contribution is 0.338. The molecular weight excluding hydrogens is 328 g/mol. The molecular formula is C15H14BrClO2. The number of alkyl halides is 1. The highest BCUT2D eigenvalue weighted by molar-refractivity contribution is 9.10. The van der Waals surface area contributed by atoms with Crippen molar-refractivity contribution in [2.75, 3.05) is 6.61 Å². The number of rotatable bonds is 5. The molecule has 19 heavy (non-hydrogen) atoms. The molecule has 100 valence electrons. The first-order valence-electron chi connectivity index (χ1n) is 5.98. The summed E-state index contributed by atoms with van der Waals surface area (Å²) in [7, 11) is 0. The monoisotopic (exact) mass is 340 g/mol. The molecule has 0 amide bonds. The van der Waals surface area contributed by atoms with Crippen LogP contribution in [0.4, 0.5) is 0 Å². The van der Waals surface area contributed by atoms with E-state index in [-0.39, 0.29) is 0 Å². The number of halogens is 2. The molecule has 0 radical (unpaired) electrons. The zero-order valence-corrected chi connectivity index (χ0v) is 12.9. The summed E-state index contributed by atoms with van der Waals surface area (Å²) in [6, 6.07) is 13.4. The van der Waals surface area contributed by atoms with E-state index in [1.807, 2.05) is 49.4 Å². The van der Waals surface area contributed by atoms with Crippen molar-refractivity contribution in [1.82, 2.24) is 0 Å². The zero-order valence-electron chi connectivity index (χ0n) is 10.5. The van der Waals surface area contributed by atoms with Crippen molar-refractivity contribution in [3.63, 3.8) is 0 Å². The molecule has 2 aromatic carbocycles. The molecule has 0 aliphatic heterocycles. The first kappa shape index (κ1) is 14.2. The van der Waals surface area contributed by atoms with Crippen molar-refractivity contribution in [3.05, 3.63) is 52.5 Å². The van der Waals surface area contributed by atoms with Crippen molar-refractivity contribution in [2.24, 2.45) is 0 Å². The van der Waals surface area contributed by atoms with Gasteiger partial charge in [-0.2, -0.15) is 0 Å². The van der Waals surface area contributed by atoms with Gasteiger partial charge >= 0.3 is 0 Å². The highest BCUT2D eigenvalue weighted by Gasteiger charge is 2.06. The van der Waals surface area contributed by atoms with E-state index in [4.69, 9.17) is 21.1 Å². The second kappa shape index (κ2) is 6.83. The smallest absolute Gasteiger partial charge is 0.132 e. The minimum absolute atomic E-state index is 0.410. The topological polar surface area (TPSA) is 18.5 Å². The maximum absolute atomic E-state index is 5.91. The van der Waals surface area contributed by atoms with Gasteiger partial charge in [0.15, 0.2) is 0 Å². The van der Waals surface area contributed by atoms with Crippen molar-refractivity contribution in [3.8, 4) is 17.2 Å². The normalized spacial score (nSPS) is 10.3. The van der Waals surface area contributed by atoms with Gasteiger partial charge in [-0.05, 0) is 31.2 Å². The Morgan fingerprint density at radius 1 is 1.11 bits per heavy atom. The molecule has 0 N–H and O–H groups in total. The Labute approximate surface area is 126 Å². The van der Waals surface area contributed by atoms with Crippen LogP contribution in [-0.2, 0) is 5.88 Å². The third kappa shape index (κ3) is 3.88. The Kier molecular flexibility index (Phi) is 5.11. The molecule has 0 atom stereocenters. The Balaban J connectivity index is 2.25. The van der Waals surface area contributed by atoms with E-state index in [1.165, 1.54) is 0 Å². The summed E-state index contributed by atoms with van der Waals surface area (Å²) in [6.07, 6.45) is 0. The van der Waals surface area contributed by atoms with Crippen LogP contribution in [0.5, 0.6) is 17.2 Å². The third-order valence-electron chi connectivity index (χ3n) is 2.52. The average Bonchev–Trinajstić information content (AvgIpc) is 2.40. The molecule has 0 aliphatic rings. The molecule has 0 heterocycles. The van der Waals surface area contributed by atoms with Crippen molar-refractivity contribution >= 4 is 27.5 Å². The highest BCUT2D eigenvalue weighted by Crippen LogP contribution is 2.31. The Bertz CT molecular complexity index is 558. The molecule has 2 aromatic rings. The number of ether oxygens (including phenoxy) is 2. The van der Waals surface area contributed by atoms with E-state index in [0.717, 1.165) is 27.3 Å². The van der Waals surface area contributed by atoms with Crippen LogP contribution in [0.1, 0.15) is 12.5 Å². The van der Waals surface area contributed by atoms with E-state index in [0.29, 0.717) is 12.5 Å².